The largest absolute Gasteiger partial charge is 0.415 e. The SMILES string of the molecule is O=C(Oc1cccnc1)N1CCCC(c2ccn[nH]2)C1COC1CCC(c2ccccc2)CC1. The molecular weight excluding hydrogens is 428 g/mol. The van der Waals surface area contributed by atoms with E-state index in [0.717, 1.165) is 44.2 Å². The van der Waals surface area contributed by atoms with Gasteiger partial charge in [0.2, 0.25) is 0 Å². The van der Waals surface area contributed by atoms with E-state index in [1.165, 1.54) is 5.56 Å². The summed E-state index contributed by atoms with van der Waals surface area (Å²) in [6.07, 6.45) is 11.1. The van der Waals surface area contributed by atoms with Crippen LogP contribution in [0.4, 0.5) is 4.79 Å². The summed E-state index contributed by atoms with van der Waals surface area (Å²) < 4.78 is 12.1. The molecule has 2 aliphatic rings. The molecule has 3 aromatic rings. The highest BCUT2D eigenvalue weighted by Crippen LogP contribution is 2.36. The van der Waals surface area contributed by atoms with E-state index >= 15 is 0 Å². The van der Waals surface area contributed by atoms with E-state index < -0.39 is 0 Å². The van der Waals surface area contributed by atoms with Gasteiger partial charge in [-0.25, -0.2) is 4.79 Å². The van der Waals surface area contributed by atoms with Crippen molar-refractivity contribution >= 4 is 6.09 Å². The summed E-state index contributed by atoms with van der Waals surface area (Å²) in [4.78, 5) is 19.0. The van der Waals surface area contributed by atoms with Crippen LogP contribution in [0.25, 0.3) is 0 Å². The lowest BCUT2D eigenvalue weighted by Crippen LogP contribution is -2.51. The molecule has 1 saturated heterocycles. The fourth-order valence-electron chi connectivity index (χ4n) is 5.42. The Hall–Kier alpha value is -3.19. The number of aromatic nitrogens is 3. The number of carbonyl (C=O) groups excluding carboxylic acids is 1. The van der Waals surface area contributed by atoms with Gasteiger partial charge in [-0.05, 0) is 68.2 Å². The molecule has 34 heavy (non-hydrogen) atoms. The molecule has 7 heteroatoms. The van der Waals surface area contributed by atoms with Crippen molar-refractivity contribution in [2.75, 3.05) is 13.2 Å². The molecule has 0 bridgehead atoms. The zero-order valence-corrected chi connectivity index (χ0v) is 19.4. The maximum Gasteiger partial charge on any atom is 0.415 e. The van der Waals surface area contributed by atoms with E-state index in [1.807, 2.05) is 11.0 Å². The maximum absolute atomic E-state index is 13.1. The Morgan fingerprint density at radius 2 is 1.85 bits per heavy atom. The first kappa shape index (κ1) is 22.6. The van der Waals surface area contributed by atoms with Crippen LogP contribution in [0.1, 0.15) is 61.6 Å². The highest BCUT2D eigenvalue weighted by molar-refractivity contribution is 5.71. The highest BCUT2D eigenvalue weighted by atomic mass is 16.6. The quantitative estimate of drug-likeness (QED) is 0.540. The molecule has 1 aliphatic heterocycles. The third kappa shape index (κ3) is 5.30. The van der Waals surface area contributed by atoms with Crippen LogP contribution in [-0.4, -0.2) is 51.5 Å². The summed E-state index contributed by atoms with van der Waals surface area (Å²) in [5.74, 6) is 1.20. The van der Waals surface area contributed by atoms with Gasteiger partial charge < -0.3 is 14.4 Å². The second-order valence-electron chi connectivity index (χ2n) is 9.30. The highest BCUT2D eigenvalue weighted by Gasteiger charge is 2.38. The van der Waals surface area contributed by atoms with E-state index in [2.05, 4.69) is 45.5 Å². The molecule has 2 fully saturated rings. The van der Waals surface area contributed by atoms with Gasteiger partial charge in [0.15, 0.2) is 5.75 Å². The van der Waals surface area contributed by atoms with Gasteiger partial charge in [0.25, 0.3) is 0 Å². The van der Waals surface area contributed by atoms with Crippen molar-refractivity contribution < 1.29 is 14.3 Å². The lowest BCUT2D eigenvalue weighted by molar-refractivity contribution is -0.0214. The molecule has 0 radical (unpaired) electrons. The van der Waals surface area contributed by atoms with Crippen LogP contribution >= 0.6 is 0 Å². The van der Waals surface area contributed by atoms with E-state index in [-0.39, 0.29) is 24.2 Å². The number of pyridine rings is 1. The van der Waals surface area contributed by atoms with E-state index in [1.54, 1.807) is 30.7 Å². The second-order valence-corrected chi connectivity index (χ2v) is 9.30. The van der Waals surface area contributed by atoms with Crippen molar-refractivity contribution in [1.82, 2.24) is 20.1 Å². The van der Waals surface area contributed by atoms with Gasteiger partial charge in [-0.15, -0.1) is 0 Å². The number of hydrogen-bond donors (Lipinski definition) is 1. The first-order valence-electron chi connectivity index (χ1n) is 12.3. The first-order valence-corrected chi connectivity index (χ1v) is 12.3. The Kier molecular flexibility index (Phi) is 7.19. The maximum atomic E-state index is 13.1. The summed E-state index contributed by atoms with van der Waals surface area (Å²) in [6.45, 7) is 1.14. The predicted octanol–water partition coefficient (Wildman–Crippen LogP) is 5.29. The molecule has 0 spiro atoms. The smallest absolute Gasteiger partial charge is 0.409 e. The Morgan fingerprint density at radius 1 is 1.00 bits per heavy atom. The average molecular weight is 461 g/mol. The summed E-state index contributed by atoms with van der Waals surface area (Å²) in [7, 11) is 0. The number of carbonyl (C=O) groups is 1. The molecular formula is C27H32N4O3. The molecule has 1 aromatic carbocycles. The van der Waals surface area contributed by atoms with Crippen LogP contribution < -0.4 is 4.74 Å². The average Bonchev–Trinajstić information content (AvgIpc) is 3.44. The van der Waals surface area contributed by atoms with Crippen LogP contribution in [0.3, 0.4) is 0 Å². The van der Waals surface area contributed by atoms with Crippen molar-refractivity contribution in [3.63, 3.8) is 0 Å². The summed E-state index contributed by atoms with van der Waals surface area (Å²) in [5.41, 5.74) is 2.47. The number of piperidine rings is 1. The third-order valence-corrected chi connectivity index (χ3v) is 7.22. The number of ether oxygens (including phenoxy) is 2. The Labute approximate surface area is 200 Å². The van der Waals surface area contributed by atoms with Crippen LogP contribution in [0, 0.1) is 0 Å². The monoisotopic (exact) mass is 460 g/mol. The van der Waals surface area contributed by atoms with E-state index in [0.29, 0.717) is 24.8 Å². The lowest BCUT2D eigenvalue weighted by atomic mass is 9.82. The fraction of sp³-hybridized carbons (Fsp3) is 0.444. The predicted molar refractivity (Wildman–Crippen MR) is 129 cm³/mol. The second kappa shape index (κ2) is 10.8. The van der Waals surface area contributed by atoms with Crippen LogP contribution in [0.2, 0.25) is 0 Å². The van der Waals surface area contributed by atoms with Gasteiger partial charge in [-0.3, -0.25) is 10.1 Å². The van der Waals surface area contributed by atoms with Crippen molar-refractivity contribution in [1.29, 1.82) is 0 Å². The van der Waals surface area contributed by atoms with Crippen molar-refractivity contribution in [2.24, 2.45) is 0 Å². The number of rotatable bonds is 6. The minimum Gasteiger partial charge on any atom is -0.409 e. The van der Waals surface area contributed by atoms with Crippen molar-refractivity contribution in [3.8, 4) is 5.75 Å². The van der Waals surface area contributed by atoms with E-state index in [9.17, 15) is 4.79 Å². The van der Waals surface area contributed by atoms with Gasteiger partial charge >= 0.3 is 6.09 Å². The summed E-state index contributed by atoms with van der Waals surface area (Å²) in [5, 5.41) is 7.26. The minimum atomic E-state index is -0.349. The molecule has 2 aromatic heterocycles. The number of likely N-dealkylation sites (tertiary alicyclic amines) is 1. The van der Waals surface area contributed by atoms with Crippen molar-refractivity contribution in [2.45, 2.75) is 62.5 Å². The van der Waals surface area contributed by atoms with Gasteiger partial charge in [0.1, 0.15) is 0 Å². The molecule has 2 unspecified atom stereocenters. The third-order valence-electron chi connectivity index (χ3n) is 7.22. The normalized spacial score (nSPS) is 25.1. The van der Waals surface area contributed by atoms with Crippen LogP contribution in [0.5, 0.6) is 5.75 Å². The van der Waals surface area contributed by atoms with Gasteiger partial charge in [0, 0.05) is 30.6 Å². The molecule has 3 heterocycles. The molecule has 1 amide bonds. The number of amides is 1. The summed E-state index contributed by atoms with van der Waals surface area (Å²) >= 11 is 0. The number of nitrogens with one attached hydrogen (secondary N) is 1. The number of hydrogen-bond acceptors (Lipinski definition) is 5. The van der Waals surface area contributed by atoms with E-state index in [4.69, 9.17) is 9.47 Å². The molecule has 178 valence electrons. The topological polar surface area (TPSA) is 80.3 Å². The molecule has 1 aliphatic carbocycles. The standard InChI is InChI=1S/C27H32N4O3/c32-27(34-23-8-4-15-28-18-23)31-17-5-9-24(25-14-16-29-30-25)26(31)19-33-22-12-10-21(11-13-22)20-6-2-1-3-7-20/h1-4,6-8,14-16,18,21-22,24,26H,5,9-13,17,19H2,(H,29,30). The van der Waals surface area contributed by atoms with Gasteiger partial charge in [-0.1, -0.05) is 30.3 Å². The van der Waals surface area contributed by atoms with Gasteiger partial charge in [-0.2, -0.15) is 5.10 Å². The fourth-order valence-corrected chi connectivity index (χ4v) is 5.42. The Bertz CT molecular complexity index is 1020. The minimum absolute atomic E-state index is 0.106. The molecule has 7 nitrogen and oxygen atoms in total. The van der Waals surface area contributed by atoms with Gasteiger partial charge in [0.05, 0.1) is 24.9 Å². The van der Waals surface area contributed by atoms with Crippen LogP contribution in [0.15, 0.2) is 67.1 Å². The molecule has 5 rings (SSSR count). The summed E-state index contributed by atoms with van der Waals surface area (Å²) in [6, 6.07) is 16.2. The first-order chi connectivity index (χ1) is 16.8. The number of nitrogens with zero attached hydrogens (tertiary/aromatic N) is 3. The Morgan fingerprint density at radius 3 is 2.59 bits per heavy atom. The molecule has 2 atom stereocenters. The lowest BCUT2D eigenvalue weighted by Gasteiger charge is -2.41. The van der Waals surface area contributed by atoms with Crippen molar-refractivity contribution in [3.05, 3.63) is 78.4 Å². The Balaban J connectivity index is 1.24. The van der Waals surface area contributed by atoms with Crippen LogP contribution in [-0.2, 0) is 4.74 Å². The number of H-pyrrole nitrogens is 1. The number of benzene rings is 1. The zero-order chi connectivity index (χ0) is 23.2. The molecule has 1 N–H and O–H groups in total. The number of aromatic amines is 1. The zero-order valence-electron chi connectivity index (χ0n) is 19.4. The molecule has 1 saturated carbocycles.